The van der Waals surface area contributed by atoms with Crippen LogP contribution in [-0.2, 0) is 18.8 Å². The van der Waals surface area contributed by atoms with Gasteiger partial charge in [0.05, 0.1) is 23.5 Å². The SMILES string of the molecule is CCCOc1nc(Nc2cc(CC)nc3nc(-c4ncsc4C(F)(F)F)ccc23)ncc1C(F)(F)F. The summed E-state index contributed by atoms with van der Waals surface area (Å²) in [5, 5.41) is 3.27. The molecular formula is C22H18F6N6OS. The molecule has 0 fully saturated rings. The number of halogens is 6. The number of alkyl halides is 6. The molecule has 4 heterocycles. The van der Waals surface area contributed by atoms with Crippen LogP contribution < -0.4 is 10.1 Å². The van der Waals surface area contributed by atoms with Crippen LogP contribution in [0.1, 0.15) is 36.4 Å². The molecule has 0 aliphatic carbocycles. The number of aromatic nitrogens is 5. The lowest BCUT2D eigenvalue weighted by atomic mass is 10.1. The highest BCUT2D eigenvalue weighted by Crippen LogP contribution is 2.40. The van der Waals surface area contributed by atoms with E-state index in [1.165, 1.54) is 12.1 Å². The topological polar surface area (TPSA) is 85.7 Å². The van der Waals surface area contributed by atoms with Crippen LogP contribution in [0.15, 0.2) is 29.9 Å². The van der Waals surface area contributed by atoms with E-state index in [0.717, 1.165) is 5.51 Å². The molecule has 36 heavy (non-hydrogen) atoms. The molecule has 14 heteroatoms. The number of pyridine rings is 2. The first-order valence-corrected chi connectivity index (χ1v) is 11.5. The number of rotatable bonds is 7. The van der Waals surface area contributed by atoms with E-state index in [1.807, 2.05) is 6.92 Å². The number of nitrogens with zero attached hydrogens (tertiary/aromatic N) is 5. The molecule has 0 saturated carbocycles. The molecule has 0 aliphatic rings. The van der Waals surface area contributed by atoms with E-state index in [4.69, 9.17) is 4.74 Å². The van der Waals surface area contributed by atoms with Gasteiger partial charge in [0, 0.05) is 17.3 Å². The molecule has 0 amide bonds. The van der Waals surface area contributed by atoms with Crippen LogP contribution in [0.2, 0.25) is 0 Å². The smallest absolute Gasteiger partial charge is 0.427 e. The van der Waals surface area contributed by atoms with Gasteiger partial charge in [-0.25, -0.2) is 19.9 Å². The lowest BCUT2D eigenvalue weighted by Crippen LogP contribution is -2.13. The third-order valence-electron chi connectivity index (χ3n) is 4.90. The number of anilines is 2. The number of nitrogens with one attached hydrogen (secondary N) is 1. The summed E-state index contributed by atoms with van der Waals surface area (Å²) in [4.78, 5) is 19.3. The van der Waals surface area contributed by atoms with Gasteiger partial charge in [0.2, 0.25) is 11.8 Å². The zero-order valence-corrected chi connectivity index (χ0v) is 19.6. The maximum Gasteiger partial charge on any atom is 0.427 e. The molecule has 0 bridgehead atoms. The van der Waals surface area contributed by atoms with Crippen molar-refractivity contribution in [1.82, 2.24) is 24.9 Å². The second kappa shape index (κ2) is 9.84. The largest absolute Gasteiger partial charge is 0.477 e. The number of aryl methyl sites for hydroxylation is 1. The number of hydrogen-bond acceptors (Lipinski definition) is 8. The summed E-state index contributed by atoms with van der Waals surface area (Å²) in [5.41, 5.74) is 0.702. The first-order valence-electron chi connectivity index (χ1n) is 10.7. The zero-order valence-electron chi connectivity index (χ0n) is 18.8. The van der Waals surface area contributed by atoms with Gasteiger partial charge in [-0.15, -0.1) is 11.3 Å². The Balaban J connectivity index is 1.77. The maximum absolute atomic E-state index is 13.3. The van der Waals surface area contributed by atoms with Crippen molar-refractivity contribution in [3.05, 3.63) is 46.0 Å². The zero-order chi connectivity index (χ0) is 26.1. The predicted octanol–water partition coefficient (Wildman–Crippen LogP) is 6.68. The van der Waals surface area contributed by atoms with E-state index in [-0.39, 0.29) is 29.6 Å². The van der Waals surface area contributed by atoms with Gasteiger partial charge in [-0.3, -0.25) is 0 Å². The summed E-state index contributed by atoms with van der Waals surface area (Å²) >= 11 is 0.462. The quantitative estimate of drug-likeness (QED) is 0.268. The van der Waals surface area contributed by atoms with Crippen molar-refractivity contribution >= 4 is 34.0 Å². The molecule has 0 saturated heterocycles. The first-order chi connectivity index (χ1) is 17.0. The first kappa shape index (κ1) is 25.5. The Bertz CT molecular complexity index is 1390. The molecule has 4 rings (SSSR count). The Morgan fingerprint density at radius 3 is 2.42 bits per heavy atom. The number of thiazole rings is 1. The Kier molecular flexibility index (Phi) is 6.98. The molecule has 0 atom stereocenters. The molecule has 0 aromatic carbocycles. The fourth-order valence-corrected chi connectivity index (χ4v) is 3.92. The normalized spacial score (nSPS) is 12.2. The van der Waals surface area contributed by atoms with Crippen molar-refractivity contribution in [3.8, 4) is 17.3 Å². The standard InChI is InChI=1S/C22H18F6N6OS/c1-3-7-35-19-13(21(23,24)25)9-29-20(34-19)33-15-8-11(4-2)31-18-12(15)5-6-14(32-18)16-17(22(26,27)28)36-10-30-16/h5-6,8-10H,3-4,7H2,1-2H3,(H,29,31,32,33,34). The average molecular weight is 528 g/mol. The van der Waals surface area contributed by atoms with Crippen molar-refractivity contribution in [2.45, 2.75) is 39.0 Å². The Morgan fingerprint density at radius 2 is 1.75 bits per heavy atom. The van der Waals surface area contributed by atoms with Gasteiger partial charge in [0.25, 0.3) is 0 Å². The van der Waals surface area contributed by atoms with Crippen molar-refractivity contribution in [2.75, 3.05) is 11.9 Å². The molecule has 0 radical (unpaired) electrons. The summed E-state index contributed by atoms with van der Waals surface area (Å²) < 4.78 is 85.2. The van der Waals surface area contributed by atoms with Gasteiger partial charge in [0.1, 0.15) is 16.1 Å². The second-order valence-corrected chi connectivity index (χ2v) is 8.35. The summed E-state index contributed by atoms with van der Waals surface area (Å²) in [5.74, 6) is -0.772. The average Bonchev–Trinajstić information content (AvgIpc) is 3.32. The van der Waals surface area contributed by atoms with Gasteiger partial charge >= 0.3 is 12.4 Å². The highest BCUT2D eigenvalue weighted by Gasteiger charge is 2.37. The Morgan fingerprint density at radius 1 is 0.972 bits per heavy atom. The lowest BCUT2D eigenvalue weighted by molar-refractivity contribution is -0.139. The number of hydrogen-bond donors (Lipinski definition) is 1. The minimum atomic E-state index is -4.70. The van der Waals surface area contributed by atoms with Gasteiger partial charge in [-0.1, -0.05) is 13.8 Å². The number of fused-ring (bicyclic) bond motifs is 1. The molecule has 4 aromatic rings. The second-order valence-electron chi connectivity index (χ2n) is 7.49. The van der Waals surface area contributed by atoms with Gasteiger partial charge in [-0.05, 0) is 31.0 Å². The summed E-state index contributed by atoms with van der Waals surface area (Å²) in [6, 6.07) is 4.51. The highest BCUT2D eigenvalue weighted by atomic mass is 32.1. The van der Waals surface area contributed by atoms with E-state index >= 15 is 0 Å². The van der Waals surface area contributed by atoms with Crippen molar-refractivity contribution in [1.29, 1.82) is 0 Å². The molecule has 7 nitrogen and oxygen atoms in total. The predicted molar refractivity (Wildman–Crippen MR) is 121 cm³/mol. The Labute approximate surface area is 204 Å². The van der Waals surface area contributed by atoms with Crippen LogP contribution in [-0.4, -0.2) is 31.5 Å². The Hall–Kier alpha value is -3.55. The minimum absolute atomic E-state index is 0.0104. The molecule has 0 aliphatic heterocycles. The third kappa shape index (κ3) is 5.32. The molecule has 0 spiro atoms. The van der Waals surface area contributed by atoms with Crippen molar-refractivity contribution in [3.63, 3.8) is 0 Å². The van der Waals surface area contributed by atoms with Gasteiger partial charge in [-0.2, -0.15) is 31.3 Å². The molecule has 4 aromatic heterocycles. The van der Waals surface area contributed by atoms with Crippen LogP contribution in [0.25, 0.3) is 22.4 Å². The van der Waals surface area contributed by atoms with E-state index in [0.29, 0.717) is 47.1 Å². The molecule has 190 valence electrons. The fourth-order valence-electron chi connectivity index (χ4n) is 3.25. The van der Waals surface area contributed by atoms with Crippen molar-refractivity contribution < 1.29 is 31.1 Å². The van der Waals surface area contributed by atoms with Crippen molar-refractivity contribution in [2.24, 2.45) is 0 Å². The van der Waals surface area contributed by atoms with Crippen LogP contribution in [0.4, 0.5) is 38.0 Å². The van der Waals surface area contributed by atoms with Crippen LogP contribution in [0.3, 0.4) is 0 Å². The molecular weight excluding hydrogens is 510 g/mol. The van der Waals surface area contributed by atoms with Gasteiger partial charge in [0.15, 0.2) is 5.65 Å². The van der Waals surface area contributed by atoms with Crippen LogP contribution in [0, 0.1) is 0 Å². The van der Waals surface area contributed by atoms with E-state index in [1.54, 1.807) is 13.0 Å². The maximum atomic E-state index is 13.3. The summed E-state index contributed by atoms with van der Waals surface area (Å²) in [6.07, 6.45) is -7.73. The van der Waals surface area contributed by atoms with Crippen LogP contribution in [0.5, 0.6) is 5.88 Å². The number of ether oxygens (including phenoxy) is 1. The third-order valence-corrected chi connectivity index (χ3v) is 5.78. The minimum Gasteiger partial charge on any atom is -0.477 e. The van der Waals surface area contributed by atoms with E-state index in [9.17, 15) is 26.3 Å². The molecule has 1 N–H and O–H groups in total. The summed E-state index contributed by atoms with van der Waals surface area (Å²) in [6.45, 7) is 3.59. The molecule has 0 unspecified atom stereocenters. The highest BCUT2D eigenvalue weighted by molar-refractivity contribution is 7.10. The fraction of sp³-hybridized carbons (Fsp3) is 0.318. The monoisotopic (exact) mass is 528 g/mol. The summed E-state index contributed by atoms with van der Waals surface area (Å²) in [7, 11) is 0. The van der Waals surface area contributed by atoms with Crippen LogP contribution >= 0.6 is 11.3 Å². The van der Waals surface area contributed by atoms with E-state index < -0.39 is 28.7 Å². The lowest BCUT2D eigenvalue weighted by Gasteiger charge is -2.15. The van der Waals surface area contributed by atoms with Gasteiger partial charge < -0.3 is 10.1 Å². The van der Waals surface area contributed by atoms with E-state index in [2.05, 4.69) is 30.2 Å².